The van der Waals surface area contributed by atoms with Gasteiger partial charge < -0.3 is 14.5 Å². The molecular weight excluding hydrogens is 332 g/mol. The van der Waals surface area contributed by atoms with Gasteiger partial charge in [0.2, 0.25) is 11.8 Å². The largest absolute Gasteiger partial charge is 0.481 e. The molecule has 26 heavy (non-hydrogen) atoms. The SMILES string of the molecule is COc1cc(N2CCN(c3cc(C)nc4cc(C)nn34)CC2=O)ccn1. The second kappa shape index (κ2) is 6.29. The van der Waals surface area contributed by atoms with Crippen molar-refractivity contribution >= 4 is 23.1 Å². The lowest BCUT2D eigenvalue weighted by atomic mass is 10.2. The molecule has 1 amide bonds. The van der Waals surface area contributed by atoms with E-state index >= 15 is 0 Å². The molecule has 8 heteroatoms. The maximum atomic E-state index is 12.8. The van der Waals surface area contributed by atoms with Gasteiger partial charge in [-0.25, -0.2) is 9.97 Å². The molecule has 0 N–H and O–H groups in total. The van der Waals surface area contributed by atoms with Crippen molar-refractivity contribution in [3.63, 3.8) is 0 Å². The minimum atomic E-state index is 0.0241. The third-order valence-electron chi connectivity index (χ3n) is 4.44. The molecule has 0 aliphatic carbocycles. The van der Waals surface area contributed by atoms with Crippen molar-refractivity contribution in [2.24, 2.45) is 0 Å². The van der Waals surface area contributed by atoms with Crippen LogP contribution in [0.5, 0.6) is 5.88 Å². The Bertz CT molecular complexity index is 983. The fraction of sp³-hybridized carbons (Fsp3) is 0.333. The summed E-state index contributed by atoms with van der Waals surface area (Å²) in [6, 6.07) is 7.51. The predicted molar refractivity (Wildman–Crippen MR) is 97.8 cm³/mol. The quantitative estimate of drug-likeness (QED) is 0.713. The van der Waals surface area contributed by atoms with Crippen molar-refractivity contribution in [1.82, 2.24) is 19.6 Å². The van der Waals surface area contributed by atoms with E-state index < -0.39 is 0 Å². The van der Waals surface area contributed by atoms with E-state index in [0.717, 1.165) is 28.5 Å². The monoisotopic (exact) mass is 352 g/mol. The van der Waals surface area contributed by atoms with Crippen LogP contribution in [-0.4, -0.2) is 52.2 Å². The van der Waals surface area contributed by atoms with E-state index in [9.17, 15) is 4.79 Å². The van der Waals surface area contributed by atoms with Gasteiger partial charge in [-0.3, -0.25) is 4.79 Å². The lowest BCUT2D eigenvalue weighted by Crippen LogP contribution is -2.51. The molecule has 0 bridgehead atoms. The van der Waals surface area contributed by atoms with E-state index in [0.29, 0.717) is 19.0 Å². The minimum absolute atomic E-state index is 0.0241. The Morgan fingerprint density at radius 2 is 1.96 bits per heavy atom. The van der Waals surface area contributed by atoms with Gasteiger partial charge in [0.05, 0.1) is 25.0 Å². The molecule has 1 aliphatic heterocycles. The molecule has 3 aromatic rings. The fourth-order valence-corrected chi connectivity index (χ4v) is 3.24. The summed E-state index contributed by atoms with van der Waals surface area (Å²) in [5.74, 6) is 1.41. The molecule has 4 heterocycles. The Morgan fingerprint density at radius 1 is 1.12 bits per heavy atom. The standard InChI is InChI=1S/C18H20N6O2/c1-12-9-17(24-15(20-12)8-13(2)21-24)22-6-7-23(18(25)11-22)14-4-5-19-16(10-14)26-3/h4-5,8-10H,6-7,11H2,1-3H3. The highest BCUT2D eigenvalue weighted by molar-refractivity contribution is 5.97. The van der Waals surface area contributed by atoms with Gasteiger partial charge in [-0.15, -0.1) is 0 Å². The molecule has 0 atom stereocenters. The van der Waals surface area contributed by atoms with Crippen molar-refractivity contribution in [1.29, 1.82) is 0 Å². The number of ether oxygens (including phenoxy) is 1. The number of aryl methyl sites for hydroxylation is 2. The van der Waals surface area contributed by atoms with E-state index in [1.165, 1.54) is 0 Å². The molecule has 1 aliphatic rings. The maximum Gasteiger partial charge on any atom is 0.246 e. The Balaban J connectivity index is 1.62. The number of hydrogen-bond acceptors (Lipinski definition) is 6. The van der Waals surface area contributed by atoms with E-state index in [-0.39, 0.29) is 12.5 Å². The Kier molecular flexibility index (Phi) is 3.95. The van der Waals surface area contributed by atoms with Crippen molar-refractivity contribution in [3.8, 4) is 5.88 Å². The molecule has 1 saturated heterocycles. The van der Waals surface area contributed by atoms with Crippen molar-refractivity contribution in [3.05, 3.63) is 41.9 Å². The molecule has 0 radical (unpaired) electrons. The highest BCUT2D eigenvalue weighted by atomic mass is 16.5. The first-order valence-electron chi connectivity index (χ1n) is 8.44. The van der Waals surface area contributed by atoms with Crippen LogP contribution >= 0.6 is 0 Å². The Morgan fingerprint density at radius 3 is 2.73 bits per heavy atom. The summed E-state index contributed by atoms with van der Waals surface area (Å²) in [5.41, 5.74) is 3.40. The van der Waals surface area contributed by atoms with Gasteiger partial charge in [0.15, 0.2) is 5.65 Å². The molecule has 0 saturated carbocycles. The third-order valence-corrected chi connectivity index (χ3v) is 4.44. The summed E-state index contributed by atoms with van der Waals surface area (Å²) < 4.78 is 6.96. The summed E-state index contributed by atoms with van der Waals surface area (Å²) in [6.45, 7) is 5.45. The lowest BCUT2D eigenvalue weighted by Gasteiger charge is -2.35. The number of piperazine rings is 1. The second-order valence-electron chi connectivity index (χ2n) is 6.33. The first-order chi connectivity index (χ1) is 12.5. The molecule has 0 unspecified atom stereocenters. The summed E-state index contributed by atoms with van der Waals surface area (Å²) >= 11 is 0. The highest BCUT2D eigenvalue weighted by Gasteiger charge is 2.27. The number of pyridine rings is 1. The Labute approximate surface area is 151 Å². The molecule has 134 valence electrons. The van der Waals surface area contributed by atoms with Gasteiger partial charge in [-0.2, -0.15) is 9.61 Å². The summed E-state index contributed by atoms with van der Waals surface area (Å²) in [7, 11) is 1.56. The Hall–Kier alpha value is -3.16. The van der Waals surface area contributed by atoms with Gasteiger partial charge in [-0.05, 0) is 19.9 Å². The molecule has 8 nitrogen and oxygen atoms in total. The second-order valence-corrected chi connectivity index (χ2v) is 6.33. The number of methoxy groups -OCH3 is 1. The number of amides is 1. The van der Waals surface area contributed by atoms with Gasteiger partial charge >= 0.3 is 0 Å². The van der Waals surface area contributed by atoms with Crippen LogP contribution in [0.2, 0.25) is 0 Å². The number of fused-ring (bicyclic) bond motifs is 1. The van der Waals surface area contributed by atoms with E-state index in [1.54, 1.807) is 28.8 Å². The zero-order chi connectivity index (χ0) is 18.3. The average molecular weight is 352 g/mol. The first kappa shape index (κ1) is 16.3. The number of rotatable bonds is 3. The zero-order valence-corrected chi connectivity index (χ0v) is 15.0. The van der Waals surface area contributed by atoms with E-state index in [1.807, 2.05) is 36.9 Å². The lowest BCUT2D eigenvalue weighted by molar-refractivity contribution is -0.117. The van der Waals surface area contributed by atoms with Gasteiger partial charge in [0.1, 0.15) is 5.82 Å². The van der Waals surface area contributed by atoms with Crippen LogP contribution in [-0.2, 0) is 4.79 Å². The van der Waals surface area contributed by atoms with Crippen LogP contribution in [0.15, 0.2) is 30.5 Å². The van der Waals surface area contributed by atoms with E-state index in [4.69, 9.17) is 4.74 Å². The van der Waals surface area contributed by atoms with E-state index in [2.05, 4.69) is 15.1 Å². The summed E-state index contributed by atoms with van der Waals surface area (Å²) in [5, 5.41) is 4.52. The normalized spacial score (nSPS) is 15.0. The van der Waals surface area contributed by atoms with Crippen LogP contribution < -0.4 is 14.5 Å². The van der Waals surface area contributed by atoms with Crippen molar-refractivity contribution < 1.29 is 9.53 Å². The number of carbonyl (C=O) groups excluding carboxylic acids is 1. The summed E-state index contributed by atoms with van der Waals surface area (Å²) in [4.78, 5) is 25.2. The summed E-state index contributed by atoms with van der Waals surface area (Å²) in [6.07, 6.45) is 1.65. The van der Waals surface area contributed by atoms with Gasteiger partial charge in [0.25, 0.3) is 0 Å². The van der Waals surface area contributed by atoms with Crippen LogP contribution in [0.4, 0.5) is 11.5 Å². The average Bonchev–Trinajstić information content (AvgIpc) is 3.00. The molecule has 1 fully saturated rings. The van der Waals surface area contributed by atoms with Crippen LogP contribution in [0.1, 0.15) is 11.4 Å². The van der Waals surface area contributed by atoms with Crippen LogP contribution in [0.25, 0.3) is 5.65 Å². The predicted octanol–water partition coefficient (Wildman–Crippen LogP) is 1.60. The van der Waals surface area contributed by atoms with Crippen molar-refractivity contribution in [2.75, 3.05) is 36.5 Å². The number of nitrogens with zero attached hydrogens (tertiary/aromatic N) is 6. The van der Waals surface area contributed by atoms with Gasteiger partial charge in [-0.1, -0.05) is 0 Å². The fourth-order valence-electron chi connectivity index (χ4n) is 3.24. The topological polar surface area (TPSA) is 75.9 Å². The zero-order valence-electron chi connectivity index (χ0n) is 15.0. The van der Waals surface area contributed by atoms with Gasteiger partial charge in [0, 0.05) is 43.2 Å². The molecular formula is C18H20N6O2. The number of hydrogen-bond donors (Lipinski definition) is 0. The third kappa shape index (κ3) is 2.83. The number of carbonyl (C=O) groups is 1. The molecule has 4 rings (SSSR count). The molecule has 0 spiro atoms. The molecule has 3 aromatic heterocycles. The number of aromatic nitrogens is 4. The smallest absolute Gasteiger partial charge is 0.246 e. The minimum Gasteiger partial charge on any atom is -0.481 e. The maximum absolute atomic E-state index is 12.8. The molecule has 0 aromatic carbocycles. The number of anilines is 2. The van der Waals surface area contributed by atoms with Crippen LogP contribution in [0.3, 0.4) is 0 Å². The van der Waals surface area contributed by atoms with Crippen molar-refractivity contribution in [2.45, 2.75) is 13.8 Å². The highest BCUT2D eigenvalue weighted by Crippen LogP contribution is 2.24. The first-order valence-corrected chi connectivity index (χ1v) is 8.44. The van der Waals surface area contributed by atoms with Crippen LogP contribution in [0, 0.1) is 13.8 Å².